The van der Waals surface area contributed by atoms with E-state index in [2.05, 4.69) is 10.3 Å². The van der Waals surface area contributed by atoms with Gasteiger partial charge >= 0.3 is 0 Å². The van der Waals surface area contributed by atoms with Crippen LogP contribution >= 0.6 is 0 Å². The number of anilines is 2. The van der Waals surface area contributed by atoms with Crippen molar-refractivity contribution in [3.63, 3.8) is 0 Å². The third-order valence-corrected chi connectivity index (χ3v) is 3.31. The molecule has 0 saturated carbocycles. The number of nitrogens with two attached hydrogens (primary N) is 1. The predicted octanol–water partition coefficient (Wildman–Crippen LogP) is 2.65. The molecule has 5 nitrogen and oxygen atoms in total. The van der Waals surface area contributed by atoms with Gasteiger partial charge in [0.2, 0.25) is 11.8 Å². The van der Waals surface area contributed by atoms with E-state index >= 15 is 0 Å². The highest BCUT2D eigenvalue weighted by molar-refractivity contribution is 5.94. The van der Waals surface area contributed by atoms with Gasteiger partial charge in [0.25, 0.3) is 0 Å². The lowest BCUT2D eigenvalue weighted by atomic mass is 10.0. The van der Waals surface area contributed by atoms with Crippen LogP contribution in [0.25, 0.3) is 0 Å². The number of aryl methyl sites for hydroxylation is 2. The van der Waals surface area contributed by atoms with Crippen molar-refractivity contribution in [2.45, 2.75) is 19.8 Å². The summed E-state index contributed by atoms with van der Waals surface area (Å²) in [6.45, 7) is 1.90. The summed E-state index contributed by atoms with van der Waals surface area (Å²) in [6, 6.07) is 7.28. The Morgan fingerprint density at radius 1 is 1.30 bits per heavy atom. The average molecular weight is 269 g/mol. The number of nitrogens with zero attached hydrogens (tertiary/aromatic N) is 1. The summed E-state index contributed by atoms with van der Waals surface area (Å²) >= 11 is 0. The zero-order valence-electron chi connectivity index (χ0n) is 11.1. The molecule has 0 radical (unpaired) electrons. The van der Waals surface area contributed by atoms with Crippen molar-refractivity contribution in [2.24, 2.45) is 0 Å². The number of nitrogens with one attached hydrogen (secondary N) is 1. The molecule has 20 heavy (non-hydrogen) atoms. The van der Waals surface area contributed by atoms with Crippen molar-refractivity contribution in [1.82, 2.24) is 4.98 Å². The van der Waals surface area contributed by atoms with Crippen molar-refractivity contribution in [1.29, 1.82) is 0 Å². The Bertz CT molecular complexity index is 683. The van der Waals surface area contributed by atoms with Gasteiger partial charge in [-0.05, 0) is 42.7 Å². The summed E-state index contributed by atoms with van der Waals surface area (Å²) in [6.07, 6.45) is 2.91. The highest BCUT2D eigenvalue weighted by Gasteiger charge is 2.15. The smallest absolute Gasteiger partial charge is 0.224 e. The first-order valence-electron chi connectivity index (χ1n) is 6.44. The quantitative estimate of drug-likeness (QED) is 0.878. The van der Waals surface area contributed by atoms with Gasteiger partial charge < -0.3 is 15.8 Å². The first-order valence-corrected chi connectivity index (χ1v) is 6.44. The summed E-state index contributed by atoms with van der Waals surface area (Å²) in [5, 5.41) is 2.84. The van der Waals surface area contributed by atoms with E-state index in [0.717, 1.165) is 23.2 Å². The molecule has 0 bridgehead atoms. The fourth-order valence-corrected chi connectivity index (χ4v) is 2.12. The van der Waals surface area contributed by atoms with Gasteiger partial charge in [0.15, 0.2) is 0 Å². The highest BCUT2D eigenvalue weighted by Crippen LogP contribution is 2.29. The third-order valence-electron chi connectivity index (χ3n) is 3.31. The van der Waals surface area contributed by atoms with Gasteiger partial charge in [-0.1, -0.05) is 0 Å². The summed E-state index contributed by atoms with van der Waals surface area (Å²) in [7, 11) is 0. The topological polar surface area (TPSA) is 77.2 Å². The van der Waals surface area contributed by atoms with Gasteiger partial charge in [0.05, 0.1) is 0 Å². The molecule has 1 amide bonds. The van der Waals surface area contributed by atoms with E-state index in [0.29, 0.717) is 23.7 Å². The fourth-order valence-electron chi connectivity index (χ4n) is 2.12. The number of nitrogen functional groups attached to an aromatic ring is 1. The first kappa shape index (κ1) is 12.5. The lowest BCUT2D eigenvalue weighted by molar-refractivity contribution is -0.116. The Morgan fingerprint density at radius 3 is 2.95 bits per heavy atom. The molecule has 102 valence electrons. The van der Waals surface area contributed by atoms with Crippen LogP contribution in [0, 0.1) is 6.92 Å². The van der Waals surface area contributed by atoms with E-state index in [1.54, 1.807) is 12.3 Å². The van der Waals surface area contributed by atoms with Crippen molar-refractivity contribution < 1.29 is 9.53 Å². The van der Waals surface area contributed by atoms with Crippen molar-refractivity contribution in [3.8, 4) is 11.6 Å². The number of carbonyl (C=O) groups excluding carboxylic acids is 1. The van der Waals surface area contributed by atoms with Crippen LogP contribution in [-0.2, 0) is 11.2 Å². The summed E-state index contributed by atoms with van der Waals surface area (Å²) in [5.74, 6) is 1.21. The molecule has 0 fully saturated rings. The van der Waals surface area contributed by atoms with Gasteiger partial charge in [-0.15, -0.1) is 0 Å². The number of carbonyl (C=O) groups is 1. The molecular formula is C15H15N3O2. The van der Waals surface area contributed by atoms with Crippen LogP contribution in [0.15, 0.2) is 30.5 Å². The largest absolute Gasteiger partial charge is 0.439 e. The Kier molecular flexibility index (Phi) is 3.02. The number of amides is 1. The Morgan fingerprint density at radius 2 is 2.15 bits per heavy atom. The molecule has 1 aromatic carbocycles. The number of aromatic nitrogens is 1. The lowest BCUT2D eigenvalue weighted by Gasteiger charge is -2.17. The second-order valence-corrected chi connectivity index (χ2v) is 4.85. The molecule has 0 aliphatic carbocycles. The van der Waals surface area contributed by atoms with E-state index in [1.165, 1.54) is 0 Å². The molecule has 1 aliphatic heterocycles. The van der Waals surface area contributed by atoms with Gasteiger partial charge in [0, 0.05) is 30.1 Å². The number of fused-ring (bicyclic) bond motifs is 1. The van der Waals surface area contributed by atoms with Gasteiger partial charge in [-0.2, -0.15) is 0 Å². The number of pyridine rings is 1. The molecular weight excluding hydrogens is 254 g/mol. The van der Waals surface area contributed by atoms with E-state index in [-0.39, 0.29) is 5.91 Å². The summed E-state index contributed by atoms with van der Waals surface area (Å²) in [5.41, 5.74) is 9.33. The van der Waals surface area contributed by atoms with Gasteiger partial charge in [-0.25, -0.2) is 4.98 Å². The molecule has 0 atom stereocenters. The Labute approximate surface area is 116 Å². The zero-order chi connectivity index (χ0) is 14.1. The fraction of sp³-hybridized carbons (Fsp3) is 0.200. The number of benzene rings is 1. The van der Waals surface area contributed by atoms with Gasteiger partial charge in [-0.3, -0.25) is 4.79 Å². The maximum atomic E-state index is 11.3. The zero-order valence-corrected chi connectivity index (χ0v) is 11.1. The van der Waals surface area contributed by atoms with Crippen molar-refractivity contribution in [3.05, 3.63) is 41.6 Å². The van der Waals surface area contributed by atoms with Crippen LogP contribution in [0.2, 0.25) is 0 Å². The van der Waals surface area contributed by atoms with Crippen LogP contribution in [0.4, 0.5) is 11.4 Å². The molecule has 2 heterocycles. The minimum absolute atomic E-state index is 0.0548. The molecule has 5 heteroatoms. The molecule has 0 unspecified atom stereocenters. The average Bonchev–Trinajstić information content (AvgIpc) is 2.43. The summed E-state index contributed by atoms with van der Waals surface area (Å²) in [4.78, 5) is 15.5. The van der Waals surface area contributed by atoms with Crippen LogP contribution in [-0.4, -0.2) is 10.9 Å². The maximum absolute atomic E-state index is 11.3. The van der Waals surface area contributed by atoms with Crippen LogP contribution in [0.1, 0.15) is 17.5 Å². The monoisotopic (exact) mass is 269 g/mol. The van der Waals surface area contributed by atoms with Crippen LogP contribution in [0.3, 0.4) is 0 Å². The predicted molar refractivity (Wildman–Crippen MR) is 76.9 cm³/mol. The highest BCUT2D eigenvalue weighted by atomic mass is 16.5. The van der Waals surface area contributed by atoms with Crippen LogP contribution < -0.4 is 15.8 Å². The SMILES string of the molecule is Cc1cnc(Oc2ccc3c(c2)CCC(=O)N3)cc1N. The molecule has 3 rings (SSSR count). The molecule has 2 aromatic rings. The van der Waals surface area contributed by atoms with Crippen LogP contribution in [0.5, 0.6) is 11.6 Å². The van der Waals surface area contributed by atoms with E-state index < -0.39 is 0 Å². The second kappa shape index (κ2) is 4.85. The minimum atomic E-state index is 0.0548. The summed E-state index contributed by atoms with van der Waals surface area (Å²) < 4.78 is 5.70. The maximum Gasteiger partial charge on any atom is 0.224 e. The minimum Gasteiger partial charge on any atom is -0.439 e. The lowest BCUT2D eigenvalue weighted by Crippen LogP contribution is -2.18. The number of rotatable bonds is 2. The van der Waals surface area contributed by atoms with Crippen molar-refractivity contribution in [2.75, 3.05) is 11.1 Å². The Balaban J connectivity index is 1.84. The van der Waals surface area contributed by atoms with E-state index in [4.69, 9.17) is 10.5 Å². The van der Waals surface area contributed by atoms with E-state index in [1.807, 2.05) is 25.1 Å². The van der Waals surface area contributed by atoms with Crippen molar-refractivity contribution >= 4 is 17.3 Å². The molecule has 1 aliphatic rings. The first-order chi connectivity index (χ1) is 9.61. The standard InChI is InChI=1S/C15H15N3O2/c1-9-8-17-15(7-12(9)16)20-11-3-4-13-10(6-11)2-5-14(19)18-13/h3-4,6-8H,2,5H2,1H3,(H2,16,17)(H,18,19). The molecule has 1 aromatic heterocycles. The number of ether oxygens (including phenoxy) is 1. The Hall–Kier alpha value is -2.56. The molecule has 0 spiro atoms. The third kappa shape index (κ3) is 2.42. The van der Waals surface area contributed by atoms with Gasteiger partial charge in [0.1, 0.15) is 5.75 Å². The molecule has 0 saturated heterocycles. The van der Waals surface area contributed by atoms with E-state index in [9.17, 15) is 4.79 Å². The number of hydrogen-bond acceptors (Lipinski definition) is 4. The normalized spacial score (nSPS) is 13.6. The number of hydrogen-bond donors (Lipinski definition) is 2. The second-order valence-electron chi connectivity index (χ2n) is 4.85. The molecule has 3 N–H and O–H groups in total.